The Morgan fingerprint density at radius 3 is 2.18 bits per heavy atom. The van der Waals surface area contributed by atoms with Crippen molar-refractivity contribution in [1.29, 1.82) is 0 Å². The molecule has 0 heterocycles. The highest BCUT2D eigenvalue weighted by Gasteiger charge is 2.13. The summed E-state index contributed by atoms with van der Waals surface area (Å²) in [6, 6.07) is 16.3. The van der Waals surface area contributed by atoms with Crippen LogP contribution < -0.4 is 5.32 Å². The molecule has 0 aromatic heterocycles. The summed E-state index contributed by atoms with van der Waals surface area (Å²) in [6.45, 7) is 4.80. The van der Waals surface area contributed by atoms with E-state index in [0.29, 0.717) is 30.8 Å². The first-order valence-corrected chi connectivity index (χ1v) is 9.42. The lowest BCUT2D eigenvalue weighted by Crippen LogP contribution is -2.30. The number of nitrogens with one attached hydrogen (secondary N) is 1. The quantitative estimate of drug-likeness (QED) is 0.675. The van der Waals surface area contributed by atoms with Crippen molar-refractivity contribution in [3.63, 3.8) is 0 Å². The molecule has 6 nitrogen and oxygen atoms in total. The molecule has 0 spiro atoms. The van der Waals surface area contributed by atoms with Crippen molar-refractivity contribution in [3.8, 4) is 0 Å². The first kappa shape index (κ1) is 21.2. The molecule has 0 saturated carbocycles. The van der Waals surface area contributed by atoms with E-state index in [1.807, 2.05) is 44.2 Å². The van der Waals surface area contributed by atoms with Crippen LogP contribution in [0.25, 0.3) is 0 Å². The van der Waals surface area contributed by atoms with Crippen LogP contribution in [0.15, 0.2) is 54.6 Å². The van der Waals surface area contributed by atoms with Crippen molar-refractivity contribution in [3.05, 3.63) is 65.7 Å². The van der Waals surface area contributed by atoms with Crippen molar-refractivity contribution in [1.82, 2.24) is 4.90 Å². The topological polar surface area (TPSA) is 75.7 Å². The van der Waals surface area contributed by atoms with E-state index in [4.69, 9.17) is 4.74 Å². The lowest BCUT2D eigenvalue weighted by atomic mass is 10.1. The number of nitrogens with zero attached hydrogens (tertiary/aromatic N) is 1. The zero-order valence-corrected chi connectivity index (χ0v) is 16.3. The predicted octanol–water partition coefficient (Wildman–Crippen LogP) is 3.28. The van der Waals surface area contributed by atoms with Crippen LogP contribution in [0.5, 0.6) is 0 Å². The van der Waals surface area contributed by atoms with Crippen molar-refractivity contribution >= 4 is 23.5 Å². The van der Waals surface area contributed by atoms with Crippen LogP contribution in [-0.4, -0.2) is 42.4 Å². The Hall–Kier alpha value is -3.15. The Bertz CT molecular complexity index is 784. The SMILES string of the molecule is CCN(CC)C(=O)c1ccc(NC(=O)COC(=O)CCc2ccccc2)cc1. The predicted molar refractivity (Wildman–Crippen MR) is 108 cm³/mol. The monoisotopic (exact) mass is 382 g/mol. The second kappa shape index (κ2) is 10.9. The van der Waals surface area contributed by atoms with Gasteiger partial charge in [0.2, 0.25) is 0 Å². The number of amides is 2. The minimum Gasteiger partial charge on any atom is -0.456 e. The molecule has 0 unspecified atom stereocenters. The normalized spacial score (nSPS) is 10.2. The van der Waals surface area contributed by atoms with Gasteiger partial charge in [0.15, 0.2) is 6.61 Å². The standard InChI is InChI=1S/C22H26N2O4/c1-3-24(4-2)22(27)18-11-13-19(14-12-18)23-20(25)16-28-21(26)15-10-17-8-6-5-7-9-17/h5-9,11-14H,3-4,10,15-16H2,1-2H3,(H,23,25). The van der Waals surface area contributed by atoms with E-state index in [2.05, 4.69) is 5.32 Å². The maximum atomic E-state index is 12.3. The van der Waals surface area contributed by atoms with Gasteiger partial charge in [0.25, 0.3) is 11.8 Å². The summed E-state index contributed by atoms with van der Waals surface area (Å²) in [5.74, 6) is -0.884. The molecule has 2 aromatic rings. The lowest BCUT2D eigenvalue weighted by molar-refractivity contribution is -0.147. The zero-order valence-electron chi connectivity index (χ0n) is 16.3. The zero-order chi connectivity index (χ0) is 20.4. The van der Waals surface area contributed by atoms with Gasteiger partial charge in [-0.05, 0) is 50.1 Å². The summed E-state index contributed by atoms with van der Waals surface area (Å²) in [5.41, 5.74) is 2.15. The number of carbonyl (C=O) groups is 3. The number of hydrogen-bond acceptors (Lipinski definition) is 4. The van der Waals surface area contributed by atoms with Gasteiger partial charge in [-0.15, -0.1) is 0 Å². The summed E-state index contributed by atoms with van der Waals surface area (Å²) >= 11 is 0. The molecule has 148 valence electrons. The average molecular weight is 382 g/mol. The van der Waals surface area contributed by atoms with Gasteiger partial charge in [-0.2, -0.15) is 0 Å². The van der Waals surface area contributed by atoms with Gasteiger partial charge >= 0.3 is 5.97 Å². The third kappa shape index (κ3) is 6.54. The van der Waals surface area contributed by atoms with Crippen molar-refractivity contribution in [2.24, 2.45) is 0 Å². The average Bonchev–Trinajstić information content (AvgIpc) is 2.73. The third-order valence-corrected chi connectivity index (χ3v) is 4.29. The fourth-order valence-electron chi connectivity index (χ4n) is 2.70. The Morgan fingerprint density at radius 2 is 1.57 bits per heavy atom. The minimum atomic E-state index is -0.420. The van der Waals surface area contributed by atoms with Gasteiger partial charge in [-0.25, -0.2) is 0 Å². The molecule has 2 amide bonds. The molecule has 1 N–H and O–H groups in total. The number of carbonyl (C=O) groups excluding carboxylic acids is 3. The molecule has 0 aliphatic carbocycles. The Labute approximate surface area is 165 Å². The third-order valence-electron chi connectivity index (χ3n) is 4.29. The van der Waals surface area contributed by atoms with E-state index in [1.54, 1.807) is 29.2 Å². The molecule has 2 aromatic carbocycles. The number of hydrogen-bond donors (Lipinski definition) is 1. The van der Waals surface area contributed by atoms with Gasteiger partial charge in [0, 0.05) is 30.8 Å². The fourth-order valence-corrected chi connectivity index (χ4v) is 2.70. The number of anilines is 1. The van der Waals surface area contributed by atoms with Crippen LogP contribution in [0.2, 0.25) is 0 Å². The highest BCUT2D eigenvalue weighted by molar-refractivity contribution is 5.96. The molecule has 0 fully saturated rings. The van der Waals surface area contributed by atoms with Crippen LogP contribution in [0, 0.1) is 0 Å². The molecule has 0 atom stereocenters. The van der Waals surface area contributed by atoms with Gasteiger partial charge < -0.3 is 15.0 Å². The number of ether oxygens (including phenoxy) is 1. The van der Waals surface area contributed by atoms with Crippen LogP contribution >= 0.6 is 0 Å². The fraction of sp³-hybridized carbons (Fsp3) is 0.318. The largest absolute Gasteiger partial charge is 0.456 e. The Balaban J connectivity index is 1.76. The summed E-state index contributed by atoms with van der Waals surface area (Å²) in [5, 5.41) is 2.65. The van der Waals surface area contributed by atoms with Crippen molar-refractivity contribution in [2.45, 2.75) is 26.7 Å². The van der Waals surface area contributed by atoms with Gasteiger partial charge in [0.1, 0.15) is 0 Å². The lowest BCUT2D eigenvalue weighted by Gasteiger charge is -2.18. The van der Waals surface area contributed by atoms with E-state index in [-0.39, 0.29) is 18.9 Å². The van der Waals surface area contributed by atoms with E-state index >= 15 is 0 Å². The molecule has 0 bridgehead atoms. The highest BCUT2D eigenvalue weighted by atomic mass is 16.5. The number of benzene rings is 2. The van der Waals surface area contributed by atoms with E-state index in [1.165, 1.54) is 0 Å². The summed E-state index contributed by atoms with van der Waals surface area (Å²) in [7, 11) is 0. The van der Waals surface area contributed by atoms with Crippen LogP contribution in [0.1, 0.15) is 36.2 Å². The second-order valence-corrected chi connectivity index (χ2v) is 6.25. The summed E-state index contributed by atoms with van der Waals surface area (Å²) in [6.07, 6.45) is 0.794. The molecular weight excluding hydrogens is 356 g/mol. The molecular formula is C22H26N2O4. The van der Waals surface area contributed by atoms with Crippen molar-refractivity contribution < 1.29 is 19.1 Å². The minimum absolute atomic E-state index is 0.0461. The molecule has 0 radical (unpaired) electrons. The van der Waals surface area contributed by atoms with Crippen LogP contribution in [0.3, 0.4) is 0 Å². The van der Waals surface area contributed by atoms with Crippen LogP contribution in [0.4, 0.5) is 5.69 Å². The van der Waals surface area contributed by atoms with Crippen LogP contribution in [-0.2, 0) is 20.7 Å². The first-order valence-electron chi connectivity index (χ1n) is 9.42. The Morgan fingerprint density at radius 1 is 0.929 bits per heavy atom. The number of esters is 1. The summed E-state index contributed by atoms with van der Waals surface area (Å²) < 4.78 is 5.01. The molecule has 2 rings (SSSR count). The van der Waals surface area contributed by atoms with Gasteiger partial charge in [-0.1, -0.05) is 30.3 Å². The van der Waals surface area contributed by atoms with Crippen molar-refractivity contribution in [2.75, 3.05) is 25.0 Å². The van der Waals surface area contributed by atoms with Gasteiger partial charge in [0.05, 0.1) is 0 Å². The second-order valence-electron chi connectivity index (χ2n) is 6.25. The maximum Gasteiger partial charge on any atom is 0.306 e. The van der Waals surface area contributed by atoms with E-state index in [9.17, 15) is 14.4 Å². The van der Waals surface area contributed by atoms with Gasteiger partial charge in [-0.3, -0.25) is 14.4 Å². The first-order chi connectivity index (χ1) is 13.5. The molecule has 28 heavy (non-hydrogen) atoms. The smallest absolute Gasteiger partial charge is 0.306 e. The molecule has 0 aliphatic rings. The molecule has 6 heteroatoms. The van der Waals surface area contributed by atoms with E-state index in [0.717, 1.165) is 5.56 Å². The highest BCUT2D eigenvalue weighted by Crippen LogP contribution is 2.12. The number of rotatable bonds is 9. The summed E-state index contributed by atoms with van der Waals surface area (Å²) in [4.78, 5) is 37.7. The van der Waals surface area contributed by atoms with E-state index < -0.39 is 11.9 Å². The molecule has 0 saturated heterocycles. The Kier molecular flexibility index (Phi) is 8.21. The maximum absolute atomic E-state index is 12.3. The number of aryl methyl sites for hydroxylation is 1. The molecule has 0 aliphatic heterocycles.